The monoisotopic (exact) mass is 382 g/mol. The van der Waals surface area contributed by atoms with Gasteiger partial charge in [0, 0.05) is 25.4 Å². The molecule has 0 saturated carbocycles. The topological polar surface area (TPSA) is 86.8 Å². The molecule has 1 amide bonds. The third-order valence-electron chi connectivity index (χ3n) is 4.69. The molecule has 0 aromatic carbocycles. The fraction of sp³-hybridized carbons (Fsp3) is 0.368. The van der Waals surface area contributed by atoms with Crippen molar-refractivity contribution >= 4 is 11.4 Å². The van der Waals surface area contributed by atoms with Gasteiger partial charge < -0.3 is 14.4 Å². The summed E-state index contributed by atoms with van der Waals surface area (Å²) in [5.74, 6) is 0.347. The summed E-state index contributed by atoms with van der Waals surface area (Å²) >= 11 is 0. The van der Waals surface area contributed by atoms with Crippen LogP contribution in [0.4, 0.5) is 0 Å². The molecular weight excluding hydrogens is 360 g/mol. The van der Waals surface area contributed by atoms with E-state index in [1.165, 1.54) is 6.08 Å². The van der Waals surface area contributed by atoms with Crippen LogP contribution in [0.1, 0.15) is 6.92 Å². The standard InChI is InChI=1S/C19H22N6O3/c1-4-17(26)24-7-8-28-19(2,12-24)13-27-18-16-5-6-20-25(16)11-15(22-18)14-9-21-23(3)10-14/h4-6,9-11H,1,7-8,12-13H2,2-3H3/t19-/m0/s1. The van der Waals surface area contributed by atoms with Crippen LogP contribution in [0.25, 0.3) is 16.8 Å². The Morgan fingerprint density at radius 1 is 1.43 bits per heavy atom. The van der Waals surface area contributed by atoms with Gasteiger partial charge in [0.15, 0.2) is 0 Å². The molecule has 0 spiro atoms. The van der Waals surface area contributed by atoms with Gasteiger partial charge in [0.05, 0.1) is 37.4 Å². The van der Waals surface area contributed by atoms with Crippen LogP contribution >= 0.6 is 0 Å². The van der Waals surface area contributed by atoms with Crippen LogP contribution in [0.3, 0.4) is 0 Å². The predicted molar refractivity (Wildman–Crippen MR) is 102 cm³/mol. The SMILES string of the molecule is C=CC(=O)N1CCO[C@](C)(COc2nc(-c3cnn(C)c3)cn3nccc23)C1. The number of aromatic nitrogens is 5. The third kappa shape index (κ3) is 3.48. The molecule has 0 N–H and O–H groups in total. The molecule has 3 aromatic heterocycles. The van der Waals surface area contributed by atoms with E-state index in [2.05, 4.69) is 21.8 Å². The number of rotatable bonds is 5. The molecular formula is C19H22N6O3. The number of morpholine rings is 1. The van der Waals surface area contributed by atoms with Crippen LogP contribution in [-0.2, 0) is 16.6 Å². The van der Waals surface area contributed by atoms with Crippen molar-refractivity contribution in [2.75, 3.05) is 26.3 Å². The Labute approximate surface area is 162 Å². The minimum Gasteiger partial charge on any atom is -0.473 e. The van der Waals surface area contributed by atoms with Crippen LogP contribution in [0.5, 0.6) is 5.88 Å². The van der Waals surface area contributed by atoms with Gasteiger partial charge in [0.2, 0.25) is 11.8 Å². The first-order valence-electron chi connectivity index (χ1n) is 8.99. The van der Waals surface area contributed by atoms with Gasteiger partial charge in [-0.1, -0.05) is 6.58 Å². The molecule has 146 valence electrons. The van der Waals surface area contributed by atoms with Gasteiger partial charge in [-0.3, -0.25) is 9.48 Å². The molecule has 1 atom stereocenters. The third-order valence-corrected chi connectivity index (χ3v) is 4.69. The van der Waals surface area contributed by atoms with Crippen molar-refractivity contribution in [2.45, 2.75) is 12.5 Å². The second kappa shape index (κ2) is 7.08. The van der Waals surface area contributed by atoms with E-state index in [9.17, 15) is 4.79 Å². The average Bonchev–Trinajstić information content (AvgIpc) is 3.34. The summed E-state index contributed by atoms with van der Waals surface area (Å²) in [5.41, 5.74) is 1.69. The molecule has 4 rings (SSSR count). The summed E-state index contributed by atoms with van der Waals surface area (Å²) < 4.78 is 15.4. The number of carbonyl (C=O) groups is 1. The van der Waals surface area contributed by atoms with E-state index in [0.29, 0.717) is 31.3 Å². The lowest BCUT2D eigenvalue weighted by atomic mass is 10.1. The molecule has 1 aliphatic rings. The van der Waals surface area contributed by atoms with Crippen LogP contribution in [0.15, 0.2) is 43.5 Å². The average molecular weight is 382 g/mol. The van der Waals surface area contributed by atoms with Gasteiger partial charge >= 0.3 is 0 Å². The Balaban J connectivity index is 1.58. The number of carbonyl (C=O) groups excluding carboxylic acids is 1. The van der Waals surface area contributed by atoms with Crippen molar-refractivity contribution in [1.82, 2.24) is 29.3 Å². The van der Waals surface area contributed by atoms with Crippen molar-refractivity contribution in [3.8, 4) is 17.1 Å². The number of hydrogen-bond donors (Lipinski definition) is 0. The van der Waals surface area contributed by atoms with E-state index in [-0.39, 0.29) is 12.5 Å². The molecule has 4 heterocycles. The Morgan fingerprint density at radius 3 is 3.04 bits per heavy atom. The highest BCUT2D eigenvalue weighted by Gasteiger charge is 2.34. The van der Waals surface area contributed by atoms with Crippen LogP contribution in [-0.4, -0.2) is 67.1 Å². The van der Waals surface area contributed by atoms with Crippen LogP contribution in [0, 0.1) is 0 Å². The molecule has 1 saturated heterocycles. The molecule has 1 aliphatic heterocycles. The molecule has 0 radical (unpaired) electrons. The summed E-state index contributed by atoms with van der Waals surface area (Å²) in [5, 5.41) is 8.50. The highest BCUT2D eigenvalue weighted by atomic mass is 16.5. The highest BCUT2D eigenvalue weighted by Crippen LogP contribution is 2.26. The number of nitrogens with zero attached hydrogens (tertiary/aromatic N) is 6. The van der Waals surface area contributed by atoms with E-state index in [1.54, 1.807) is 26.5 Å². The molecule has 0 aliphatic carbocycles. The maximum absolute atomic E-state index is 12.0. The van der Waals surface area contributed by atoms with Gasteiger partial charge in [0.25, 0.3) is 0 Å². The van der Waals surface area contributed by atoms with Crippen molar-refractivity contribution in [2.24, 2.45) is 7.05 Å². The number of fused-ring (bicyclic) bond motifs is 1. The van der Waals surface area contributed by atoms with E-state index < -0.39 is 5.60 Å². The smallest absolute Gasteiger partial charge is 0.246 e. The van der Waals surface area contributed by atoms with Gasteiger partial charge in [0.1, 0.15) is 17.7 Å². The summed E-state index contributed by atoms with van der Waals surface area (Å²) in [6.07, 6.45) is 8.47. The highest BCUT2D eigenvalue weighted by molar-refractivity contribution is 5.87. The van der Waals surface area contributed by atoms with Crippen molar-refractivity contribution in [3.63, 3.8) is 0 Å². The first-order chi connectivity index (χ1) is 13.5. The summed E-state index contributed by atoms with van der Waals surface area (Å²) in [4.78, 5) is 18.3. The van der Waals surface area contributed by atoms with Gasteiger partial charge in [-0.15, -0.1) is 0 Å². The van der Waals surface area contributed by atoms with Gasteiger partial charge in [-0.05, 0) is 19.1 Å². The van der Waals surface area contributed by atoms with Gasteiger partial charge in [-0.25, -0.2) is 9.50 Å². The summed E-state index contributed by atoms with van der Waals surface area (Å²) in [6.45, 7) is 7.15. The first kappa shape index (κ1) is 18.2. The lowest BCUT2D eigenvalue weighted by molar-refractivity contribution is -0.148. The quantitative estimate of drug-likeness (QED) is 0.619. The van der Waals surface area contributed by atoms with Crippen molar-refractivity contribution < 1.29 is 14.3 Å². The Bertz CT molecular complexity index is 1030. The molecule has 0 bridgehead atoms. The number of ether oxygens (including phenoxy) is 2. The maximum Gasteiger partial charge on any atom is 0.246 e. The van der Waals surface area contributed by atoms with Gasteiger partial charge in [-0.2, -0.15) is 10.2 Å². The van der Waals surface area contributed by atoms with E-state index >= 15 is 0 Å². The molecule has 9 nitrogen and oxygen atoms in total. The normalized spacial score (nSPS) is 19.7. The fourth-order valence-electron chi connectivity index (χ4n) is 3.25. The minimum absolute atomic E-state index is 0.107. The van der Waals surface area contributed by atoms with E-state index in [1.807, 2.05) is 32.4 Å². The maximum atomic E-state index is 12.0. The number of hydrogen-bond acceptors (Lipinski definition) is 6. The molecule has 3 aromatic rings. The zero-order chi connectivity index (χ0) is 19.7. The second-order valence-electron chi connectivity index (χ2n) is 7.05. The number of amides is 1. The zero-order valence-electron chi connectivity index (χ0n) is 15.9. The van der Waals surface area contributed by atoms with Crippen molar-refractivity contribution in [1.29, 1.82) is 0 Å². The lowest BCUT2D eigenvalue weighted by Crippen LogP contribution is -2.54. The Hall–Kier alpha value is -3.20. The van der Waals surface area contributed by atoms with E-state index in [0.717, 1.165) is 11.1 Å². The fourth-order valence-corrected chi connectivity index (χ4v) is 3.25. The number of aryl methyl sites for hydroxylation is 1. The van der Waals surface area contributed by atoms with E-state index in [4.69, 9.17) is 9.47 Å². The molecule has 0 unspecified atom stereocenters. The first-order valence-corrected chi connectivity index (χ1v) is 8.99. The molecule has 28 heavy (non-hydrogen) atoms. The zero-order valence-corrected chi connectivity index (χ0v) is 15.9. The summed E-state index contributed by atoms with van der Waals surface area (Å²) in [6, 6.07) is 1.84. The summed E-state index contributed by atoms with van der Waals surface area (Å²) in [7, 11) is 1.85. The molecule has 1 fully saturated rings. The minimum atomic E-state index is -0.639. The van der Waals surface area contributed by atoms with Crippen LogP contribution in [0.2, 0.25) is 0 Å². The predicted octanol–water partition coefficient (Wildman–Crippen LogP) is 1.31. The Kier molecular flexibility index (Phi) is 4.60. The van der Waals surface area contributed by atoms with Crippen molar-refractivity contribution in [3.05, 3.63) is 43.5 Å². The van der Waals surface area contributed by atoms with Crippen LogP contribution < -0.4 is 4.74 Å². The second-order valence-corrected chi connectivity index (χ2v) is 7.05. The Morgan fingerprint density at radius 2 is 2.29 bits per heavy atom. The molecule has 9 heteroatoms. The largest absolute Gasteiger partial charge is 0.473 e. The lowest BCUT2D eigenvalue weighted by Gasteiger charge is -2.39.